The van der Waals surface area contributed by atoms with E-state index in [4.69, 9.17) is 0 Å². The Morgan fingerprint density at radius 1 is 1.05 bits per heavy atom. The molecule has 4 nitrogen and oxygen atoms in total. The number of nitrogens with one attached hydrogen (secondary N) is 1. The average molecular weight is 353 g/mol. The number of hydrogen-bond acceptors (Lipinski definition) is 3. The molecule has 0 aliphatic carbocycles. The van der Waals surface area contributed by atoms with E-state index in [9.17, 15) is 0 Å². The second-order valence-corrected chi connectivity index (χ2v) is 5.92. The van der Waals surface area contributed by atoms with E-state index in [1.54, 1.807) is 0 Å². The first-order valence-electron chi connectivity index (χ1n) is 6.98. The second kappa shape index (κ2) is 5.10. The summed E-state index contributed by atoms with van der Waals surface area (Å²) in [7, 11) is 1.87. The number of hydrogen-bond donors (Lipinski definition) is 1. The molecule has 2 aromatic heterocycles. The van der Waals surface area contributed by atoms with E-state index < -0.39 is 0 Å². The first-order valence-corrected chi connectivity index (χ1v) is 7.77. The standard InChI is InChI=1S/C17H13BrN4/c1-19-16-17-20-10-15(11-6-8-12(18)9-7-11)22(17)14-5-3-2-4-13(14)21-16/h2-10H,1H3,(H,19,21). The van der Waals surface area contributed by atoms with Gasteiger partial charge in [0.15, 0.2) is 11.5 Å². The van der Waals surface area contributed by atoms with Gasteiger partial charge in [-0.05, 0) is 24.3 Å². The molecule has 0 aliphatic heterocycles. The summed E-state index contributed by atoms with van der Waals surface area (Å²) in [6.45, 7) is 0. The van der Waals surface area contributed by atoms with Crippen molar-refractivity contribution >= 4 is 38.4 Å². The molecule has 0 fully saturated rings. The van der Waals surface area contributed by atoms with Gasteiger partial charge in [0.2, 0.25) is 0 Å². The van der Waals surface area contributed by atoms with Crippen LogP contribution in [-0.4, -0.2) is 21.4 Å². The highest BCUT2D eigenvalue weighted by Crippen LogP contribution is 2.28. The molecule has 5 heteroatoms. The van der Waals surface area contributed by atoms with E-state index in [2.05, 4.69) is 53.8 Å². The van der Waals surface area contributed by atoms with Gasteiger partial charge in [0, 0.05) is 17.1 Å². The predicted molar refractivity (Wildman–Crippen MR) is 93.2 cm³/mol. The maximum atomic E-state index is 4.64. The van der Waals surface area contributed by atoms with E-state index in [0.29, 0.717) is 0 Å². The van der Waals surface area contributed by atoms with Crippen LogP contribution in [0.1, 0.15) is 0 Å². The molecule has 0 atom stereocenters. The Labute approximate surface area is 136 Å². The molecule has 2 aromatic carbocycles. The van der Waals surface area contributed by atoms with E-state index in [0.717, 1.165) is 38.2 Å². The molecule has 0 aliphatic rings. The fraction of sp³-hybridized carbons (Fsp3) is 0.0588. The van der Waals surface area contributed by atoms with Crippen molar-refractivity contribution in [1.29, 1.82) is 0 Å². The fourth-order valence-corrected chi connectivity index (χ4v) is 2.94. The number of benzene rings is 2. The van der Waals surface area contributed by atoms with E-state index >= 15 is 0 Å². The third-order valence-electron chi connectivity index (χ3n) is 3.71. The molecule has 0 saturated carbocycles. The summed E-state index contributed by atoms with van der Waals surface area (Å²) < 4.78 is 3.21. The molecule has 4 rings (SSSR count). The second-order valence-electron chi connectivity index (χ2n) is 5.01. The van der Waals surface area contributed by atoms with Crippen molar-refractivity contribution in [2.75, 3.05) is 12.4 Å². The molecule has 22 heavy (non-hydrogen) atoms. The molecular formula is C17H13BrN4. The minimum atomic E-state index is 0.780. The lowest BCUT2D eigenvalue weighted by atomic mass is 10.1. The number of nitrogens with zero attached hydrogens (tertiary/aromatic N) is 3. The summed E-state index contributed by atoms with van der Waals surface area (Å²) in [6.07, 6.45) is 1.90. The quantitative estimate of drug-likeness (QED) is 0.582. The molecule has 0 unspecified atom stereocenters. The van der Waals surface area contributed by atoms with Crippen LogP contribution >= 0.6 is 15.9 Å². The Hall–Kier alpha value is -2.40. The maximum absolute atomic E-state index is 4.64. The van der Waals surface area contributed by atoms with Crippen LogP contribution < -0.4 is 5.32 Å². The van der Waals surface area contributed by atoms with E-state index in [1.807, 2.05) is 43.6 Å². The van der Waals surface area contributed by atoms with E-state index in [-0.39, 0.29) is 0 Å². The molecule has 0 spiro atoms. The number of anilines is 1. The summed E-state index contributed by atoms with van der Waals surface area (Å²) >= 11 is 3.48. The largest absolute Gasteiger partial charge is 0.370 e. The zero-order valence-corrected chi connectivity index (χ0v) is 13.5. The van der Waals surface area contributed by atoms with Crippen molar-refractivity contribution < 1.29 is 0 Å². The van der Waals surface area contributed by atoms with Crippen LogP contribution in [0.15, 0.2) is 59.2 Å². The van der Waals surface area contributed by atoms with Gasteiger partial charge in [-0.3, -0.25) is 4.40 Å². The summed E-state index contributed by atoms with van der Waals surface area (Å²) in [6, 6.07) is 16.3. The lowest BCUT2D eigenvalue weighted by Gasteiger charge is -2.09. The number of imidazole rings is 1. The monoisotopic (exact) mass is 352 g/mol. The minimum absolute atomic E-state index is 0.780. The molecule has 0 saturated heterocycles. The van der Waals surface area contributed by atoms with Crippen molar-refractivity contribution in [3.63, 3.8) is 0 Å². The third kappa shape index (κ3) is 1.97. The third-order valence-corrected chi connectivity index (χ3v) is 4.23. The van der Waals surface area contributed by atoms with Gasteiger partial charge in [0.25, 0.3) is 0 Å². The van der Waals surface area contributed by atoms with Crippen LogP contribution in [0.2, 0.25) is 0 Å². The fourth-order valence-electron chi connectivity index (χ4n) is 2.67. The lowest BCUT2D eigenvalue weighted by molar-refractivity contribution is 1.20. The Kier molecular flexibility index (Phi) is 3.08. The normalized spacial score (nSPS) is 11.2. The van der Waals surface area contributed by atoms with Crippen LogP contribution in [0, 0.1) is 0 Å². The first kappa shape index (κ1) is 13.3. The van der Waals surface area contributed by atoms with Crippen LogP contribution in [-0.2, 0) is 0 Å². The van der Waals surface area contributed by atoms with Gasteiger partial charge < -0.3 is 5.32 Å². The SMILES string of the molecule is CNc1nc2ccccc2n2c(-c3ccc(Br)cc3)cnc12. The molecule has 4 aromatic rings. The van der Waals surface area contributed by atoms with Gasteiger partial charge in [-0.25, -0.2) is 9.97 Å². The van der Waals surface area contributed by atoms with E-state index in [1.165, 1.54) is 0 Å². The lowest BCUT2D eigenvalue weighted by Crippen LogP contribution is -2.00. The van der Waals surface area contributed by atoms with Crippen LogP contribution in [0.5, 0.6) is 0 Å². The van der Waals surface area contributed by atoms with Gasteiger partial charge >= 0.3 is 0 Å². The predicted octanol–water partition coefficient (Wildman–Crippen LogP) is 4.35. The Morgan fingerprint density at radius 2 is 1.82 bits per heavy atom. The zero-order chi connectivity index (χ0) is 15.1. The molecule has 0 radical (unpaired) electrons. The number of rotatable bonds is 2. The highest BCUT2D eigenvalue weighted by Gasteiger charge is 2.13. The van der Waals surface area contributed by atoms with Gasteiger partial charge in [0.1, 0.15) is 0 Å². The summed E-state index contributed by atoms with van der Waals surface area (Å²) in [5.41, 5.74) is 4.99. The van der Waals surface area contributed by atoms with Crippen LogP contribution in [0.3, 0.4) is 0 Å². The molecule has 2 heterocycles. The minimum Gasteiger partial charge on any atom is -0.370 e. The number of para-hydroxylation sites is 2. The van der Waals surface area contributed by atoms with Crippen LogP contribution in [0.4, 0.5) is 5.82 Å². The Morgan fingerprint density at radius 3 is 2.59 bits per heavy atom. The van der Waals surface area contributed by atoms with Gasteiger partial charge in [-0.2, -0.15) is 0 Å². The molecule has 108 valence electrons. The van der Waals surface area contributed by atoms with Crippen LogP contribution in [0.25, 0.3) is 27.9 Å². The number of aromatic nitrogens is 3. The smallest absolute Gasteiger partial charge is 0.181 e. The first-order chi connectivity index (χ1) is 10.8. The number of fused-ring (bicyclic) bond motifs is 3. The summed E-state index contributed by atoms with van der Waals surface area (Å²) in [5.74, 6) is 0.780. The van der Waals surface area contributed by atoms with Crippen molar-refractivity contribution in [1.82, 2.24) is 14.4 Å². The highest BCUT2D eigenvalue weighted by atomic mass is 79.9. The van der Waals surface area contributed by atoms with Crippen molar-refractivity contribution in [3.8, 4) is 11.3 Å². The topological polar surface area (TPSA) is 42.2 Å². The Bertz CT molecular complexity index is 973. The number of halogens is 1. The van der Waals surface area contributed by atoms with Crippen molar-refractivity contribution in [3.05, 3.63) is 59.2 Å². The molecular weight excluding hydrogens is 340 g/mol. The molecule has 1 N–H and O–H groups in total. The molecule has 0 bridgehead atoms. The highest BCUT2D eigenvalue weighted by molar-refractivity contribution is 9.10. The Balaban J connectivity index is 2.12. The van der Waals surface area contributed by atoms with Crippen molar-refractivity contribution in [2.45, 2.75) is 0 Å². The molecule has 0 amide bonds. The van der Waals surface area contributed by atoms with Crippen molar-refractivity contribution in [2.24, 2.45) is 0 Å². The maximum Gasteiger partial charge on any atom is 0.181 e. The summed E-state index contributed by atoms with van der Waals surface area (Å²) in [5, 5.41) is 3.13. The zero-order valence-electron chi connectivity index (χ0n) is 11.9. The summed E-state index contributed by atoms with van der Waals surface area (Å²) in [4.78, 5) is 9.21. The average Bonchev–Trinajstić information content (AvgIpc) is 3.00. The van der Waals surface area contributed by atoms with Gasteiger partial charge in [-0.15, -0.1) is 0 Å². The van der Waals surface area contributed by atoms with Gasteiger partial charge in [-0.1, -0.05) is 40.2 Å². The van der Waals surface area contributed by atoms with Gasteiger partial charge in [0.05, 0.1) is 22.9 Å².